The number of nitriles is 1. The van der Waals surface area contributed by atoms with Crippen molar-refractivity contribution in [1.29, 1.82) is 5.26 Å². The second-order valence-corrected chi connectivity index (χ2v) is 8.70. The van der Waals surface area contributed by atoms with Crippen LogP contribution >= 0.6 is 0 Å². The van der Waals surface area contributed by atoms with Crippen molar-refractivity contribution in [2.75, 3.05) is 0 Å². The average molecular weight is 261 g/mol. The van der Waals surface area contributed by atoms with Gasteiger partial charge in [0.1, 0.15) is 0 Å². The number of hydrogen-bond donors (Lipinski definition) is 0. The summed E-state index contributed by atoms with van der Waals surface area (Å²) in [6.07, 6.45) is 0.853. The molecule has 19 heavy (non-hydrogen) atoms. The maximum absolute atomic E-state index is 9.62. The van der Waals surface area contributed by atoms with E-state index < -0.39 is 0 Å². The Bertz CT molecular complexity index is 393. The van der Waals surface area contributed by atoms with E-state index in [2.05, 4.69) is 75.0 Å². The fourth-order valence-corrected chi connectivity index (χ4v) is 2.92. The van der Waals surface area contributed by atoms with Crippen LogP contribution in [0.4, 0.5) is 0 Å². The first-order valence-corrected chi connectivity index (χ1v) is 7.03. The van der Waals surface area contributed by atoms with Gasteiger partial charge in [-0.15, -0.1) is 0 Å². The topological polar surface area (TPSA) is 23.8 Å². The van der Waals surface area contributed by atoms with Gasteiger partial charge in [-0.05, 0) is 33.8 Å². The minimum Gasteiger partial charge on any atom is -0.192 e. The second-order valence-electron chi connectivity index (χ2n) is 8.70. The molecule has 0 aliphatic carbocycles. The van der Waals surface area contributed by atoms with Gasteiger partial charge in [0.25, 0.3) is 0 Å². The van der Waals surface area contributed by atoms with E-state index in [9.17, 15) is 5.26 Å². The third-order valence-electron chi connectivity index (χ3n) is 2.96. The number of hydrogen-bond acceptors (Lipinski definition) is 1. The van der Waals surface area contributed by atoms with Crippen molar-refractivity contribution in [2.24, 2.45) is 16.2 Å². The molecule has 0 unspecified atom stereocenters. The van der Waals surface area contributed by atoms with Crippen molar-refractivity contribution >= 4 is 0 Å². The summed E-state index contributed by atoms with van der Waals surface area (Å²) in [5.41, 5.74) is 3.08. The zero-order valence-corrected chi connectivity index (χ0v) is 14.4. The Morgan fingerprint density at radius 1 is 0.895 bits per heavy atom. The fraction of sp³-hybridized carbons (Fsp3) is 0.722. The lowest BCUT2D eigenvalue weighted by Gasteiger charge is -2.36. The molecule has 1 nitrogen and oxygen atoms in total. The molecule has 0 fully saturated rings. The van der Waals surface area contributed by atoms with Gasteiger partial charge in [0, 0.05) is 0 Å². The van der Waals surface area contributed by atoms with Gasteiger partial charge in [-0.3, -0.25) is 0 Å². The van der Waals surface area contributed by atoms with Crippen LogP contribution in [0.25, 0.3) is 0 Å². The fourth-order valence-electron chi connectivity index (χ4n) is 2.92. The summed E-state index contributed by atoms with van der Waals surface area (Å²) in [6, 6.07) is 2.42. The van der Waals surface area contributed by atoms with Gasteiger partial charge in [-0.25, -0.2) is 0 Å². The van der Waals surface area contributed by atoms with E-state index in [4.69, 9.17) is 0 Å². The van der Waals surface area contributed by atoms with Crippen molar-refractivity contribution in [3.05, 3.63) is 23.3 Å². The van der Waals surface area contributed by atoms with Gasteiger partial charge in [0.2, 0.25) is 0 Å². The zero-order valence-electron chi connectivity index (χ0n) is 14.4. The highest BCUT2D eigenvalue weighted by Crippen LogP contribution is 2.43. The summed E-state index contributed by atoms with van der Waals surface area (Å²) in [4.78, 5) is 0. The molecule has 0 rings (SSSR count). The molecule has 0 N–H and O–H groups in total. The molecule has 0 heterocycles. The molecule has 0 saturated heterocycles. The predicted octanol–water partition coefficient (Wildman–Crippen LogP) is 5.89. The van der Waals surface area contributed by atoms with Crippen molar-refractivity contribution in [1.82, 2.24) is 0 Å². The Kier molecular flexibility index (Phi) is 5.23. The number of nitrogens with zero attached hydrogens (tertiary/aromatic N) is 1. The van der Waals surface area contributed by atoms with Crippen LogP contribution in [0.5, 0.6) is 0 Å². The summed E-state index contributed by atoms with van der Waals surface area (Å²) >= 11 is 0. The Labute approximate surface area is 120 Å². The highest BCUT2D eigenvalue weighted by Gasteiger charge is 2.32. The average Bonchev–Trinajstić information content (AvgIpc) is 2.05. The normalized spacial score (nSPS) is 12.8. The van der Waals surface area contributed by atoms with Crippen molar-refractivity contribution < 1.29 is 0 Å². The summed E-state index contributed by atoms with van der Waals surface area (Å²) < 4.78 is 0. The van der Waals surface area contributed by atoms with Crippen LogP contribution < -0.4 is 0 Å². The van der Waals surface area contributed by atoms with Gasteiger partial charge in [0.05, 0.1) is 11.6 Å². The smallest absolute Gasteiger partial charge is 0.0994 e. The predicted molar refractivity (Wildman–Crippen MR) is 84.8 cm³/mol. The molecular weight excluding hydrogens is 230 g/mol. The van der Waals surface area contributed by atoms with E-state index in [1.54, 1.807) is 0 Å². The minimum atomic E-state index is -0.0237. The maximum atomic E-state index is 9.62. The molecule has 0 atom stereocenters. The molecule has 1 heteroatoms. The van der Waals surface area contributed by atoms with Crippen LogP contribution in [0.1, 0.15) is 68.7 Å². The number of allylic oxidation sites excluding steroid dienone is 3. The standard InChI is InChI=1S/C18H31N/c1-13(11-16(2,3)4)14(12-19)15(17(5,6)7)18(8,9)10/h1,11H2,2-10H3. The first-order valence-electron chi connectivity index (χ1n) is 7.03. The molecule has 0 spiro atoms. The van der Waals surface area contributed by atoms with Crippen LogP contribution in [0.15, 0.2) is 23.3 Å². The lowest BCUT2D eigenvalue weighted by Crippen LogP contribution is -2.25. The summed E-state index contributed by atoms with van der Waals surface area (Å²) in [7, 11) is 0. The zero-order chi connectivity index (χ0) is 15.6. The molecule has 0 aromatic carbocycles. The Hall–Kier alpha value is -1.03. The summed E-state index contributed by atoms with van der Waals surface area (Å²) in [6.45, 7) is 23.8. The highest BCUT2D eigenvalue weighted by molar-refractivity contribution is 5.48. The van der Waals surface area contributed by atoms with Crippen LogP contribution in [-0.4, -0.2) is 0 Å². The van der Waals surface area contributed by atoms with E-state index in [0.29, 0.717) is 0 Å². The SMILES string of the molecule is C=C(CC(C)(C)C)C(C#N)=C(C(C)(C)C)C(C)(C)C. The van der Waals surface area contributed by atoms with Gasteiger partial charge in [-0.1, -0.05) is 68.9 Å². The lowest BCUT2D eigenvalue weighted by molar-refractivity contribution is 0.356. The molecule has 0 aliphatic rings. The van der Waals surface area contributed by atoms with Crippen molar-refractivity contribution in [3.8, 4) is 6.07 Å². The third kappa shape index (κ3) is 5.64. The van der Waals surface area contributed by atoms with Crippen molar-refractivity contribution in [3.63, 3.8) is 0 Å². The van der Waals surface area contributed by atoms with Crippen molar-refractivity contribution in [2.45, 2.75) is 68.7 Å². The largest absolute Gasteiger partial charge is 0.192 e. The molecule has 0 radical (unpaired) electrons. The molecule has 0 amide bonds. The summed E-state index contributed by atoms with van der Waals surface area (Å²) in [5, 5.41) is 9.62. The molecule has 0 aromatic rings. The minimum absolute atomic E-state index is 0.0237. The highest BCUT2D eigenvalue weighted by atomic mass is 14.4. The molecule has 0 bridgehead atoms. The lowest BCUT2D eigenvalue weighted by atomic mass is 9.68. The molecular formula is C18H31N. The molecule has 108 valence electrons. The Morgan fingerprint density at radius 2 is 1.26 bits per heavy atom. The maximum Gasteiger partial charge on any atom is 0.0994 e. The van der Waals surface area contributed by atoms with E-state index >= 15 is 0 Å². The van der Waals surface area contributed by atoms with Gasteiger partial charge < -0.3 is 0 Å². The molecule has 0 aromatic heterocycles. The quantitative estimate of drug-likeness (QED) is 0.449. The Morgan fingerprint density at radius 3 is 1.47 bits per heavy atom. The van der Waals surface area contributed by atoms with Crippen LogP contribution in [0.2, 0.25) is 0 Å². The molecule has 0 saturated carbocycles. The van der Waals surface area contributed by atoms with E-state index in [-0.39, 0.29) is 16.2 Å². The van der Waals surface area contributed by atoms with Gasteiger partial charge >= 0.3 is 0 Å². The molecule has 0 aliphatic heterocycles. The third-order valence-corrected chi connectivity index (χ3v) is 2.96. The van der Waals surface area contributed by atoms with E-state index in [0.717, 1.165) is 17.6 Å². The van der Waals surface area contributed by atoms with Crippen LogP contribution in [0, 0.1) is 27.6 Å². The second kappa shape index (κ2) is 5.53. The van der Waals surface area contributed by atoms with E-state index in [1.165, 1.54) is 5.57 Å². The first kappa shape index (κ1) is 18.0. The monoisotopic (exact) mass is 261 g/mol. The number of rotatable bonds is 2. The van der Waals surface area contributed by atoms with E-state index in [1.807, 2.05) is 0 Å². The Balaban J connectivity index is 5.91. The summed E-state index contributed by atoms with van der Waals surface area (Å²) in [5.74, 6) is 0. The first-order chi connectivity index (χ1) is 8.20. The van der Waals surface area contributed by atoms with Crippen LogP contribution in [0.3, 0.4) is 0 Å². The van der Waals surface area contributed by atoms with Gasteiger partial charge in [-0.2, -0.15) is 5.26 Å². The van der Waals surface area contributed by atoms with Crippen LogP contribution in [-0.2, 0) is 0 Å². The van der Waals surface area contributed by atoms with Gasteiger partial charge in [0.15, 0.2) is 0 Å².